The molecule has 2 aromatic carbocycles. The molecule has 0 radical (unpaired) electrons. The lowest BCUT2D eigenvalue weighted by molar-refractivity contribution is -0.115. The van der Waals surface area contributed by atoms with E-state index in [1.807, 2.05) is 24.3 Å². The molecule has 0 aliphatic heterocycles. The lowest BCUT2D eigenvalue weighted by atomic mass is 10.3. The first-order valence-corrected chi connectivity index (χ1v) is 8.63. The van der Waals surface area contributed by atoms with E-state index < -0.39 is 0 Å². The second-order valence-electron chi connectivity index (χ2n) is 5.66. The van der Waals surface area contributed by atoms with Crippen LogP contribution in [0.2, 0.25) is 0 Å². The summed E-state index contributed by atoms with van der Waals surface area (Å²) in [5.74, 6) is 0.881. The third kappa shape index (κ3) is 7.37. The number of amides is 2. The maximum absolute atomic E-state index is 11.2. The van der Waals surface area contributed by atoms with Crippen LogP contribution < -0.4 is 20.1 Å². The van der Waals surface area contributed by atoms with E-state index in [1.54, 1.807) is 24.3 Å². The monoisotopic (exact) mass is 372 g/mol. The first-order valence-electron chi connectivity index (χ1n) is 8.63. The van der Waals surface area contributed by atoms with Gasteiger partial charge in [-0.2, -0.15) is 0 Å². The molecule has 0 spiro atoms. The van der Waals surface area contributed by atoms with Crippen molar-refractivity contribution in [3.8, 4) is 11.5 Å². The van der Waals surface area contributed by atoms with Crippen molar-refractivity contribution in [2.75, 3.05) is 37.1 Å². The zero-order valence-corrected chi connectivity index (χ0v) is 15.5. The van der Waals surface area contributed by atoms with Crippen LogP contribution in [-0.2, 0) is 14.3 Å². The van der Waals surface area contributed by atoms with Gasteiger partial charge in [0.1, 0.15) is 24.7 Å². The quantitative estimate of drug-likeness (QED) is 0.626. The van der Waals surface area contributed by atoms with Gasteiger partial charge in [-0.3, -0.25) is 9.59 Å². The van der Waals surface area contributed by atoms with Gasteiger partial charge in [-0.1, -0.05) is 24.3 Å². The maximum Gasteiger partial charge on any atom is 0.221 e. The zero-order chi connectivity index (χ0) is 19.5. The fraction of sp³-hybridized carbons (Fsp3) is 0.300. The van der Waals surface area contributed by atoms with Crippen molar-refractivity contribution in [3.05, 3.63) is 48.5 Å². The van der Waals surface area contributed by atoms with Crippen LogP contribution in [0.15, 0.2) is 48.5 Å². The van der Waals surface area contributed by atoms with Gasteiger partial charge in [0.25, 0.3) is 0 Å². The molecule has 2 N–H and O–H groups in total. The Labute approximate surface area is 158 Å². The summed E-state index contributed by atoms with van der Waals surface area (Å²) in [6.45, 7) is 4.35. The van der Waals surface area contributed by atoms with Crippen molar-refractivity contribution in [2.45, 2.75) is 13.8 Å². The Morgan fingerprint density at radius 2 is 1.11 bits per heavy atom. The van der Waals surface area contributed by atoms with Gasteiger partial charge in [0, 0.05) is 13.8 Å². The average molecular weight is 372 g/mol. The molecule has 7 nitrogen and oxygen atoms in total. The first kappa shape index (κ1) is 20.3. The zero-order valence-electron chi connectivity index (χ0n) is 15.5. The molecule has 0 saturated carbocycles. The normalized spacial score (nSPS) is 10.1. The van der Waals surface area contributed by atoms with Crippen LogP contribution in [0.3, 0.4) is 0 Å². The molecule has 2 rings (SSSR count). The maximum atomic E-state index is 11.2. The highest BCUT2D eigenvalue weighted by molar-refractivity contribution is 5.90. The molecule has 0 aromatic heterocycles. The molecule has 0 aliphatic carbocycles. The van der Waals surface area contributed by atoms with E-state index in [2.05, 4.69) is 10.6 Å². The van der Waals surface area contributed by atoms with Crippen molar-refractivity contribution in [1.82, 2.24) is 0 Å². The van der Waals surface area contributed by atoms with E-state index in [9.17, 15) is 9.59 Å². The molecule has 2 aromatic rings. The lowest BCUT2D eigenvalue weighted by Crippen LogP contribution is -2.14. The number of nitrogens with one attached hydrogen (secondary N) is 2. The van der Waals surface area contributed by atoms with E-state index in [1.165, 1.54) is 13.8 Å². The van der Waals surface area contributed by atoms with Gasteiger partial charge in [0.2, 0.25) is 11.8 Å². The molecule has 7 heteroatoms. The minimum absolute atomic E-state index is 0.154. The molecular weight excluding hydrogens is 348 g/mol. The Balaban J connectivity index is 1.67. The second kappa shape index (κ2) is 10.8. The number of hydrogen-bond acceptors (Lipinski definition) is 5. The highest BCUT2D eigenvalue weighted by Crippen LogP contribution is 2.24. The Bertz CT molecular complexity index is 700. The minimum Gasteiger partial charge on any atom is -0.489 e. The summed E-state index contributed by atoms with van der Waals surface area (Å²) in [5, 5.41) is 5.43. The summed E-state index contributed by atoms with van der Waals surface area (Å²) in [5.41, 5.74) is 1.26. The highest BCUT2D eigenvalue weighted by atomic mass is 16.5. The van der Waals surface area contributed by atoms with E-state index in [4.69, 9.17) is 14.2 Å². The number of carbonyl (C=O) groups is 2. The summed E-state index contributed by atoms with van der Waals surface area (Å²) >= 11 is 0. The van der Waals surface area contributed by atoms with Gasteiger partial charge in [0.05, 0.1) is 24.6 Å². The molecule has 0 aliphatic rings. The molecule has 0 saturated heterocycles. The molecule has 0 atom stereocenters. The smallest absolute Gasteiger partial charge is 0.221 e. The standard InChI is InChI=1S/C20H24N2O5/c1-15(23)21-17-7-3-5-9-19(17)26-13-11-25-12-14-27-20-10-6-4-8-18(20)22-16(2)24/h3-10H,11-14H2,1-2H3,(H,21,23)(H,22,24). The molecule has 0 heterocycles. The number of para-hydroxylation sites is 4. The number of anilines is 2. The molecule has 27 heavy (non-hydrogen) atoms. The van der Waals surface area contributed by atoms with Gasteiger partial charge >= 0.3 is 0 Å². The number of carbonyl (C=O) groups excluding carboxylic acids is 2. The van der Waals surface area contributed by atoms with Gasteiger partial charge in [-0.05, 0) is 24.3 Å². The van der Waals surface area contributed by atoms with E-state index >= 15 is 0 Å². The third-order valence-corrected chi connectivity index (χ3v) is 3.37. The summed E-state index contributed by atoms with van der Waals surface area (Å²) < 4.78 is 16.8. The number of ether oxygens (including phenoxy) is 3. The summed E-state index contributed by atoms with van der Waals surface area (Å²) in [7, 11) is 0. The fourth-order valence-corrected chi connectivity index (χ4v) is 2.29. The topological polar surface area (TPSA) is 85.9 Å². The molecule has 2 amide bonds. The average Bonchev–Trinajstić information content (AvgIpc) is 2.62. The lowest BCUT2D eigenvalue weighted by Gasteiger charge is -2.13. The summed E-state index contributed by atoms with van der Waals surface area (Å²) in [6, 6.07) is 14.4. The number of benzene rings is 2. The van der Waals surface area contributed by atoms with Crippen LogP contribution in [0, 0.1) is 0 Å². The highest BCUT2D eigenvalue weighted by Gasteiger charge is 2.05. The van der Waals surface area contributed by atoms with E-state index in [0.717, 1.165) is 0 Å². The number of hydrogen-bond donors (Lipinski definition) is 2. The molecule has 0 fully saturated rings. The SMILES string of the molecule is CC(=O)Nc1ccccc1OCCOCCOc1ccccc1NC(C)=O. The third-order valence-electron chi connectivity index (χ3n) is 3.37. The van der Waals surface area contributed by atoms with Crippen LogP contribution in [0.4, 0.5) is 11.4 Å². The summed E-state index contributed by atoms with van der Waals surface area (Å²) in [6.07, 6.45) is 0. The second-order valence-corrected chi connectivity index (χ2v) is 5.66. The largest absolute Gasteiger partial charge is 0.489 e. The molecule has 0 unspecified atom stereocenters. The van der Waals surface area contributed by atoms with E-state index in [0.29, 0.717) is 49.3 Å². The Morgan fingerprint density at radius 3 is 1.52 bits per heavy atom. The first-order chi connectivity index (χ1) is 13.1. The predicted octanol–water partition coefficient (Wildman–Crippen LogP) is 3.08. The Morgan fingerprint density at radius 1 is 0.704 bits per heavy atom. The number of rotatable bonds is 10. The van der Waals surface area contributed by atoms with Gasteiger partial charge in [0.15, 0.2) is 0 Å². The molecule has 0 bridgehead atoms. The predicted molar refractivity (Wildman–Crippen MR) is 103 cm³/mol. The van der Waals surface area contributed by atoms with Crippen LogP contribution in [0.1, 0.15) is 13.8 Å². The Kier molecular flexibility index (Phi) is 8.12. The van der Waals surface area contributed by atoms with Crippen LogP contribution in [-0.4, -0.2) is 38.2 Å². The van der Waals surface area contributed by atoms with Crippen LogP contribution in [0.25, 0.3) is 0 Å². The fourth-order valence-electron chi connectivity index (χ4n) is 2.29. The van der Waals surface area contributed by atoms with Crippen molar-refractivity contribution in [3.63, 3.8) is 0 Å². The van der Waals surface area contributed by atoms with E-state index in [-0.39, 0.29) is 11.8 Å². The van der Waals surface area contributed by atoms with Crippen molar-refractivity contribution < 1.29 is 23.8 Å². The molecular formula is C20H24N2O5. The van der Waals surface area contributed by atoms with Crippen molar-refractivity contribution in [1.29, 1.82) is 0 Å². The molecule has 144 valence electrons. The van der Waals surface area contributed by atoms with Gasteiger partial charge in [-0.15, -0.1) is 0 Å². The minimum atomic E-state index is -0.154. The van der Waals surface area contributed by atoms with Crippen LogP contribution >= 0.6 is 0 Å². The van der Waals surface area contributed by atoms with Crippen molar-refractivity contribution >= 4 is 23.2 Å². The van der Waals surface area contributed by atoms with Crippen molar-refractivity contribution in [2.24, 2.45) is 0 Å². The summed E-state index contributed by atoms with van der Waals surface area (Å²) in [4.78, 5) is 22.4. The van der Waals surface area contributed by atoms with Crippen LogP contribution in [0.5, 0.6) is 11.5 Å². The Hall–Kier alpha value is -3.06. The van der Waals surface area contributed by atoms with Gasteiger partial charge < -0.3 is 24.8 Å². The van der Waals surface area contributed by atoms with Gasteiger partial charge in [-0.25, -0.2) is 0 Å².